The van der Waals surface area contributed by atoms with E-state index in [1.54, 1.807) is 6.92 Å². The van der Waals surface area contributed by atoms with Crippen LogP contribution < -0.4 is 0 Å². The van der Waals surface area contributed by atoms with E-state index in [1.165, 1.54) is 10.4 Å². The number of hydrogen-bond donors (Lipinski definition) is 1. The Morgan fingerprint density at radius 2 is 2.18 bits per heavy atom. The van der Waals surface area contributed by atoms with Crippen molar-refractivity contribution >= 4 is 17.6 Å². The average Bonchev–Trinajstić information content (AvgIpc) is 2.62. The zero-order chi connectivity index (χ0) is 13.3. The second kappa shape index (κ2) is 4.86. The van der Waals surface area contributed by atoms with Gasteiger partial charge in [0.1, 0.15) is 0 Å². The van der Waals surface area contributed by atoms with Gasteiger partial charge in [0.05, 0.1) is 0 Å². The fourth-order valence-electron chi connectivity index (χ4n) is 1.94. The Kier molecular flexibility index (Phi) is 4.09. The number of carboxylic acids is 1. The molecule has 0 saturated carbocycles. The summed E-state index contributed by atoms with van der Waals surface area (Å²) >= 11 is 5.43. The molecule has 0 aliphatic carbocycles. The molecule has 1 aliphatic heterocycles. The van der Waals surface area contributed by atoms with Crippen LogP contribution in [-0.2, 0) is 4.79 Å². The molecule has 1 heterocycles. The summed E-state index contributed by atoms with van der Waals surface area (Å²) < 4.78 is 38.4. The van der Waals surface area contributed by atoms with Gasteiger partial charge in [-0.25, -0.2) is 0 Å². The van der Waals surface area contributed by atoms with Gasteiger partial charge in [0.15, 0.2) is 5.41 Å². The first-order valence-corrected chi connectivity index (χ1v) is 5.45. The van der Waals surface area contributed by atoms with Gasteiger partial charge >= 0.3 is 12.1 Å². The van der Waals surface area contributed by atoms with Gasteiger partial charge in [0, 0.05) is 25.2 Å². The van der Waals surface area contributed by atoms with E-state index in [4.69, 9.17) is 16.7 Å². The maximum Gasteiger partial charge on any atom is 0.406 e. The molecule has 0 aromatic carbocycles. The molecule has 0 aromatic heterocycles. The molecule has 0 bridgehead atoms. The predicted molar refractivity (Wildman–Crippen MR) is 56.8 cm³/mol. The third kappa shape index (κ3) is 2.74. The number of likely N-dealkylation sites (tertiary alicyclic amines) is 1. The van der Waals surface area contributed by atoms with Gasteiger partial charge in [-0.15, -0.1) is 0 Å². The third-order valence-corrected chi connectivity index (χ3v) is 3.33. The van der Waals surface area contributed by atoms with Gasteiger partial charge in [-0.2, -0.15) is 13.2 Å². The molecule has 7 heteroatoms. The summed E-state index contributed by atoms with van der Waals surface area (Å²) in [7, 11) is 0. The molecule has 1 N–H and O–H groups in total. The summed E-state index contributed by atoms with van der Waals surface area (Å²) in [5, 5.41) is 8.82. The summed E-state index contributed by atoms with van der Waals surface area (Å²) in [5.74, 6) is -1.81. The van der Waals surface area contributed by atoms with Crippen LogP contribution in [0, 0.1) is 5.41 Å². The van der Waals surface area contributed by atoms with Gasteiger partial charge in [-0.05, 0) is 18.9 Å². The molecule has 3 nitrogen and oxygen atoms in total. The second-order valence-corrected chi connectivity index (χ2v) is 4.52. The quantitative estimate of drug-likeness (QED) is 0.857. The monoisotopic (exact) mass is 271 g/mol. The number of carbonyl (C=O) groups is 1. The van der Waals surface area contributed by atoms with Gasteiger partial charge in [-0.1, -0.05) is 11.6 Å². The summed E-state index contributed by atoms with van der Waals surface area (Å²) in [6, 6.07) is 0. The minimum atomic E-state index is -4.73. The van der Waals surface area contributed by atoms with Crippen molar-refractivity contribution < 1.29 is 23.1 Å². The summed E-state index contributed by atoms with van der Waals surface area (Å²) in [5.41, 5.74) is -0.649. The molecule has 98 valence electrons. The van der Waals surface area contributed by atoms with Crippen molar-refractivity contribution in [1.82, 2.24) is 4.90 Å². The van der Waals surface area contributed by atoms with E-state index in [2.05, 4.69) is 0 Å². The molecule has 1 atom stereocenters. The van der Waals surface area contributed by atoms with E-state index in [1.807, 2.05) is 0 Å². The van der Waals surface area contributed by atoms with E-state index in [9.17, 15) is 18.0 Å². The van der Waals surface area contributed by atoms with Crippen LogP contribution in [0.3, 0.4) is 0 Å². The van der Waals surface area contributed by atoms with E-state index in [0.717, 1.165) is 0 Å². The number of carboxylic acid groups (broad SMARTS) is 1. The number of alkyl halides is 3. The van der Waals surface area contributed by atoms with Crippen LogP contribution in [0.4, 0.5) is 13.2 Å². The molecule has 0 amide bonds. The molecule has 1 saturated heterocycles. The first kappa shape index (κ1) is 14.3. The van der Waals surface area contributed by atoms with Crippen molar-refractivity contribution in [3.8, 4) is 0 Å². The number of aliphatic carboxylic acids is 1. The summed E-state index contributed by atoms with van der Waals surface area (Å²) in [6.07, 6.45) is -5.15. The molecule has 1 aliphatic rings. The van der Waals surface area contributed by atoms with Crippen LogP contribution in [0.1, 0.15) is 13.3 Å². The van der Waals surface area contributed by atoms with Crippen LogP contribution in [-0.4, -0.2) is 41.8 Å². The van der Waals surface area contributed by atoms with Crippen LogP contribution in [0.5, 0.6) is 0 Å². The van der Waals surface area contributed by atoms with Crippen LogP contribution in [0.15, 0.2) is 11.1 Å². The van der Waals surface area contributed by atoms with Crippen molar-refractivity contribution in [3.05, 3.63) is 11.1 Å². The summed E-state index contributed by atoms with van der Waals surface area (Å²) in [4.78, 5) is 12.3. The molecule has 0 spiro atoms. The van der Waals surface area contributed by atoms with Gasteiger partial charge in [0.2, 0.25) is 0 Å². The highest BCUT2D eigenvalue weighted by Gasteiger charge is 2.63. The molecule has 1 unspecified atom stereocenters. The van der Waals surface area contributed by atoms with E-state index in [-0.39, 0.29) is 13.1 Å². The topological polar surface area (TPSA) is 40.5 Å². The molecule has 1 rings (SSSR count). The Morgan fingerprint density at radius 3 is 2.53 bits per heavy atom. The van der Waals surface area contributed by atoms with Crippen molar-refractivity contribution in [3.63, 3.8) is 0 Å². The van der Waals surface area contributed by atoms with Crippen molar-refractivity contribution in [2.45, 2.75) is 19.5 Å². The van der Waals surface area contributed by atoms with Crippen molar-refractivity contribution in [2.75, 3.05) is 19.6 Å². The van der Waals surface area contributed by atoms with Crippen molar-refractivity contribution in [1.29, 1.82) is 0 Å². The fourth-order valence-corrected chi connectivity index (χ4v) is 2.01. The normalized spacial score (nSPS) is 27.5. The molecule has 17 heavy (non-hydrogen) atoms. The van der Waals surface area contributed by atoms with Crippen LogP contribution >= 0.6 is 11.6 Å². The van der Waals surface area contributed by atoms with Gasteiger partial charge in [0.25, 0.3) is 0 Å². The number of halogens is 4. The average molecular weight is 272 g/mol. The Hall–Kier alpha value is -0.750. The maximum absolute atomic E-state index is 12.8. The number of nitrogens with zero attached hydrogens (tertiary/aromatic N) is 1. The Balaban J connectivity index is 2.84. The minimum absolute atomic E-state index is 0.105. The largest absolute Gasteiger partial charge is 0.481 e. The third-order valence-electron chi connectivity index (χ3n) is 2.96. The van der Waals surface area contributed by atoms with E-state index in [0.29, 0.717) is 5.57 Å². The highest BCUT2D eigenvalue weighted by atomic mass is 35.5. The highest BCUT2D eigenvalue weighted by molar-refractivity contribution is 6.25. The highest BCUT2D eigenvalue weighted by Crippen LogP contribution is 2.45. The standard InChI is InChI=1S/C10H13ClF3NO2/c1-7(4-11)5-15-3-2-9(6-15,8(16)17)10(12,13)14/h4H,2-3,5-6H2,1H3,(H,16,17). The molecule has 1 fully saturated rings. The first-order chi connectivity index (χ1) is 7.73. The van der Waals surface area contributed by atoms with Crippen LogP contribution in [0.25, 0.3) is 0 Å². The Labute approximate surface area is 102 Å². The molecular weight excluding hydrogens is 259 g/mol. The fraction of sp³-hybridized carbons (Fsp3) is 0.700. The summed E-state index contributed by atoms with van der Waals surface area (Å²) in [6.45, 7) is 1.53. The number of rotatable bonds is 3. The lowest BCUT2D eigenvalue weighted by molar-refractivity contribution is -0.227. The second-order valence-electron chi connectivity index (χ2n) is 4.30. The van der Waals surface area contributed by atoms with Gasteiger partial charge in [-0.3, -0.25) is 9.69 Å². The van der Waals surface area contributed by atoms with Crippen LogP contribution in [0.2, 0.25) is 0 Å². The lowest BCUT2D eigenvalue weighted by atomic mass is 9.86. The zero-order valence-electron chi connectivity index (χ0n) is 9.22. The SMILES string of the molecule is CC(=CCl)CN1CCC(C(=O)O)(C(F)(F)F)C1. The predicted octanol–water partition coefficient (Wildman–Crippen LogP) is 2.47. The molecule has 0 radical (unpaired) electrons. The Morgan fingerprint density at radius 1 is 1.59 bits per heavy atom. The molecular formula is C10H13ClF3NO2. The van der Waals surface area contributed by atoms with E-state index < -0.39 is 30.5 Å². The van der Waals surface area contributed by atoms with E-state index >= 15 is 0 Å². The minimum Gasteiger partial charge on any atom is -0.481 e. The molecule has 0 aromatic rings. The Bertz CT molecular complexity index is 343. The van der Waals surface area contributed by atoms with Crippen molar-refractivity contribution in [2.24, 2.45) is 5.41 Å². The first-order valence-electron chi connectivity index (χ1n) is 5.01. The lowest BCUT2D eigenvalue weighted by Crippen LogP contribution is -2.47. The lowest BCUT2D eigenvalue weighted by Gasteiger charge is -2.27. The number of hydrogen-bond acceptors (Lipinski definition) is 2. The zero-order valence-corrected chi connectivity index (χ0v) is 9.98. The smallest absolute Gasteiger partial charge is 0.406 e. The van der Waals surface area contributed by atoms with Gasteiger partial charge < -0.3 is 5.11 Å². The maximum atomic E-state index is 12.8.